The Hall–Kier alpha value is -2.10. The number of carbonyl (C=O) groups is 2. The van der Waals surface area contributed by atoms with Crippen molar-refractivity contribution in [1.29, 1.82) is 0 Å². The van der Waals surface area contributed by atoms with Crippen LogP contribution in [0.1, 0.15) is 18.4 Å². The third-order valence-electron chi connectivity index (χ3n) is 3.13. The number of carbonyl (C=O) groups excluding carboxylic acids is 1. The van der Waals surface area contributed by atoms with Crippen LogP contribution in [0.3, 0.4) is 0 Å². The monoisotopic (exact) mass is 245 g/mol. The van der Waals surface area contributed by atoms with Crippen LogP contribution in [-0.2, 0) is 9.59 Å². The van der Waals surface area contributed by atoms with Crippen molar-refractivity contribution < 1.29 is 14.7 Å². The maximum absolute atomic E-state index is 11.5. The summed E-state index contributed by atoms with van der Waals surface area (Å²) in [6.45, 7) is 0.209. The standard InChI is InChI=1S/C14H15NO3/c16-12(7-6-11-4-2-1-3-5-11)15-10-14(8-9-14)13(17)18/h1-7H,8-10H2,(H,15,16)(H,17,18). The number of carboxylic acids is 1. The largest absolute Gasteiger partial charge is 0.481 e. The van der Waals surface area contributed by atoms with Crippen LogP contribution in [0.25, 0.3) is 6.08 Å². The van der Waals surface area contributed by atoms with Gasteiger partial charge in [-0.25, -0.2) is 0 Å². The molecule has 0 radical (unpaired) electrons. The van der Waals surface area contributed by atoms with Gasteiger partial charge in [0.25, 0.3) is 0 Å². The average Bonchev–Trinajstić information content (AvgIpc) is 3.16. The summed E-state index contributed by atoms with van der Waals surface area (Å²) in [5.74, 6) is -1.08. The van der Waals surface area contributed by atoms with E-state index in [1.54, 1.807) is 6.08 Å². The summed E-state index contributed by atoms with van der Waals surface area (Å²) in [6, 6.07) is 9.47. The summed E-state index contributed by atoms with van der Waals surface area (Å²) >= 11 is 0. The van der Waals surface area contributed by atoms with E-state index in [0.717, 1.165) is 5.56 Å². The van der Waals surface area contributed by atoms with Gasteiger partial charge in [-0.15, -0.1) is 0 Å². The van der Waals surface area contributed by atoms with E-state index in [9.17, 15) is 9.59 Å². The van der Waals surface area contributed by atoms with Gasteiger partial charge < -0.3 is 10.4 Å². The molecule has 1 aromatic carbocycles. The summed E-state index contributed by atoms with van der Waals surface area (Å²) in [5.41, 5.74) is 0.225. The van der Waals surface area contributed by atoms with E-state index in [2.05, 4.69) is 5.32 Å². The Bertz CT molecular complexity index is 475. The van der Waals surface area contributed by atoms with Crippen molar-refractivity contribution in [2.45, 2.75) is 12.8 Å². The molecule has 1 aliphatic rings. The van der Waals surface area contributed by atoms with Crippen LogP contribution in [0.5, 0.6) is 0 Å². The fourth-order valence-corrected chi connectivity index (χ4v) is 1.67. The van der Waals surface area contributed by atoms with Crippen LogP contribution in [0.4, 0.5) is 0 Å². The molecule has 1 amide bonds. The molecule has 0 bridgehead atoms. The Kier molecular flexibility index (Phi) is 3.46. The SMILES string of the molecule is O=C(C=Cc1ccccc1)NCC1(C(=O)O)CC1. The Balaban J connectivity index is 1.83. The van der Waals surface area contributed by atoms with Gasteiger partial charge in [0.1, 0.15) is 0 Å². The van der Waals surface area contributed by atoms with Gasteiger partial charge >= 0.3 is 5.97 Å². The summed E-state index contributed by atoms with van der Waals surface area (Å²) in [6.07, 6.45) is 4.42. The highest BCUT2D eigenvalue weighted by molar-refractivity contribution is 5.92. The Morgan fingerprint density at radius 1 is 1.28 bits per heavy atom. The number of hydrogen-bond acceptors (Lipinski definition) is 2. The second-order valence-electron chi connectivity index (χ2n) is 4.55. The molecule has 18 heavy (non-hydrogen) atoms. The Morgan fingerprint density at radius 3 is 2.50 bits per heavy atom. The number of aliphatic carboxylic acids is 1. The molecule has 0 heterocycles. The summed E-state index contributed by atoms with van der Waals surface area (Å²) in [5, 5.41) is 11.6. The van der Waals surface area contributed by atoms with Gasteiger partial charge in [-0.05, 0) is 24.5 Å². The number of hydrogen-bond donors (Lipinski definition) is 2. The lowest BCUT2D eigenvalue weighted by molar-refractivity contribution is -0.143. The first-order chi connectivity index (χ1) is 8.62. The second-order valence-corrected chi connectivity index (χ2v) is 4.55. The molecule has 0 aliphatic heterocycles. The molecule has 1 aliphatic carbocycles. The van der Waals surface area contributed by atoms with E-state index >= 15 is 0 Å². The Labute approximate surface area is 105 Å². The molecule has 0 unspecified atom stereocenters. The molecule has 1 fully saturated rings. The molecule has 0 spiro atoms. The maximum atomic E-state index is 11.5. The molecule has 0 saturated heterocycles. The highest BCUT2D eigenvalue weighted by atomic mass is 16.4. The zero-order valence-electron chi connectivity index (χ0n) is 9.93. The van der Waals surface area contributed by atoms with Gasteiger partial charge in [0, 0.05) is 12.6 Å². The lowest BCUT2D eigenvalue weighted by Crippen LogP contribution is -2.33. The van der Waals surface area contributed by atoms with Crippen LogP contribution in [0, 0.1) is 5.41 Å². The van der Waals surface area contributed by atoms with E-state index in [0.29, 0.717) is 12.8 Å². The van der Waals surface area contributed by atoms with Gasteiger partial charge in [0.2, 0.25) is 5.91 Å². The molecular weight excluding hydrogens is 230 g/mol. The molecule has 1 saturated carbocycles. The second kappa shape index (κ2) is 5.04. The third-order valence-corrected chi connectivity index (χ3v) is 3.13. The number of amides is 1. The summed E-state index contributed by atoms with van der Waals surface area (Å²) in [4.78, 5) is 22.4. The molecule has 1 aromatic rings. The van der Waals surface area contributed by atoms with Crippen LogP contribution in [0.15, 0.2) is 36.4 Å². The van der Waals surface area contributed by atoms with Crippen molar-refractivity contribution in [3.8, 4) is 0 Å². The minimum atomic E-state index is -0.824. The highest BCUT2D eigenvalue weighted by Gasteiger charge is 2.50. The van der Waals surface area contributed by atoms with Crippen LogP contribution < -0.4 is 5.32 Å². The molecule has 2 N–H and O–H groups in total. The zero-order valence-corrected chi connectivity index (χ0v) is 9.93. The summed E-state index contributed by atoms with van der Waals surface area (Å²) < 4.78 is 0. The zero-order chi connectivity index (χ0) is 13.0. The number of nitrogens with one attached hydrogen (secondary N) is 1. The Morgan fingerprint density at radius 2 is 1.94 bits per heavy atom. The van der Waals surface area contributed by atoms with Gasteiger partial charge in [0.05, 0.1) is 5.41 Å². The van der Waals surface area contributed by atoms with E-state index < -0.39 is 11.4 Å². The van der Waals surface area contributed by atoms with E-state index in [1.165, 1.54) is 6.08 Å². The predicted octanol–water partition coefficient (Wildman–Crippen LogP) is 1.68. The fraction of sp³-hybridized carbons (Fsp3) is 0.286. The minimum Gasteiger partial charge on any atom is -0.481 e. The van der Waals surface area contributed by atoms with Gasteiger partial charge in [-0.2, -0.15) is 0 Å². The van der Waals surface area contributed by atoms with Crippen LogP contribution >= 0.6 is 0 Å². The first kappa shape index (κ1) is 12.4. The average molecular weight is 245 g/mol. The molecule has 2 rings (SSSR count). The normalized spacial score (nSPS) is 16.4. The quantitative estimate of drug-likeness (QED) is 0.776. The summed E-state index contributed by atoms with van der Waals surface area (Å²) in [7, 11) is 0. The van der Waals surface area contributed by atoms with E-state index in [-0.39, 0.29) is 12.5 Å². The lowest BCUT2D eigenvalue weighted by atomic mass is 10.1. The first-order valence-corrected chi connectivity index (χ1v) is 5.87. The number of rotatable bonds is 5. The number of benzene rings is 1. The van der Waals surface area contributed by atoms with E-state index in [1.807, 2.05) is 30.3 Å². The molecule has 0 aromatic heterocycles. The van der Waals surface area contributed by atoms with Crippen molar-refractivity contribution in [3.63, 3.8) is 0 Å². The third kappa shape index (κ3) is 2.97. The minimum absolute atomic E-state index is 0.209. The van der Waals surface area contributed by atoms with Crippen molar-refractivity contribution in [3.05, 3.63) is 42.0 Å². The topological polar surface area (TPSA) is 66.4 Å². The van der Waals surface area contributed by atoms with Crippen molar-refractivity contribution in [2.75, 3.05) is 6.54 Å². The molecule has 0 atom stereocenters. The smallest absolute Gasteiger partial charge is 0.311 e. The molecule has 4 heteroatoms. The first-order valence-electron chi connectivity index (χ1n) is 5.87. The van der Waals surface area contributed by atoms with Crippen LogP contribution in [0.2, 0.25) is 0 Å². The molecule has 4 nitrogen and oxygen atoms in total. The highest BCUT2D eigenvalue weighted by Crippen LogP contribution is 2.45. The van der Waals surface area contributed by atoms with Gasteiger partial charge in [-0.3, -0.25) is 9.59 Å². The maximum Gasteiger partial charge on any atom is 0.311 e. The molecular formula is C14H15NO3. The van der Waals surface area contributed by atoms with Gasteiger partial charge in [-0.1, -0.05) is 30.3 Å². The fourth-order valence-electron chi connectivity index (χ4n) is 1.67. The van der Waals surface area contributed by atoms with Crippen molar-refractivity contribution in [1.82, 2.24) is 5.32 Å². The lowest BCUT2D eigenvalue weighted by Gasteiger charge is -2.09. The number of carboxylic acid groups (broad SMARTS) is 1. The van der Waals surface area contributed by atoms with Crippen molar-refractivity contribution >= 4 is 18.0 Å². The predicted molar refractivity (Wildman–Crippen MR) is 67.8 cm³/mol. The van der Waals surface area contributed by atoms with E-state index in [4.69, 9.17) is 5.11 Å². The molecule has 94 valence electrons. The van der Waals surface area contributed by atoms with Crippen LogP contribution in [-0.4, -0.2) is 23.5 Å². The van der Waals surface area contributed by atoms with Gasteiger partial charge in [0.15, 0.2) is 0 Å². The van der Waals surface area contributed by atoms with Crippen molar-refractivity contribution in [2.24, 2.45) is 5.41 Å².